The van der Waals surface area contributed by atoms with Gasteiger partial charge in [0.1, 0.15) is 0 Å². The van der Waals surface area contributed by atoms with E-state index in [2.05, 4.69) is 32.5 Å². The van der Waals surface area contributed by atoms with Crippen LogP contribution >= 0.6 is 11.8 Å². The first kappa shape index (κ1) is 20.3. The lowest BCUT2D eigenvalue weighted by atomic mass is 10.0. The molecule has 1 heteroatoms. The molecule has 0 aliphatic heterocycles. The standard InChI is InChI=1S/C19H40S/c1-4-7-9-11-13-15-17-19(20-18-6-3)16-14-12-10-8-5-2/h19H,4-18H2,1-3H3. The Morgan fingerprint density at radius 1 is 0.550 bits per heavy atom. The predicted octanol–water partition coefficient (Wildman–Crippen LogP) is 7.61. The molecule has 0 radical (unpaired) electrons. The molecule has 0 N–H and O–H groups in total. The summed E-state index contributed by atoms with van der Waals surface area (Å²) in [5.74, 6) is 1.37. The fourth-order valence-electron chi connectivity index (χ4n) is 2.72. The molecular formula is C19H40S. The fourth-order valence-corrected chi connectivity index (χ4v) is 3.96. The quantitative estimate of drug-likeness (QED) is 0.264. The summed E-state index contributed by atoms with van der Waals surface area (Å²) in [6.45, 7) is 6.92. The van der Waals surface area contributed by atoms with Crippen LogP contribution in [0.1, 0.15) is 111 Å². The summed E-state index contributed by atoms with van der Waals surface area (Å²) in [4.78, 5) is 0. The SMILES string of the molecule is CCCCCCCCC(CCCCCCC)SCCC. The van der Waals surface area contributed by atoms with E-state index in [1.54, 1.807) is 0 Å². The molecule has 0 rings (SSSR count). The first-order valence-electron chi connectivity index (χ1n) is 9.46. The second-order valence-corrected chi connectivity index (χ2v) is 7.66. The largest absolute Gasteiger partial charge is 0.159 e. The van der Waals surface area contributed by atoms with Gasteiger partial charge in [-0.15, -0.1) is 0 Å². The molecule has 0 aromatic heterocycles. The van der Waals surface area contributed by atoms with E-state index in [9.17, 15) is 0 Å². The van der Waals surface area contributed by atoms with Gasteiger partial charge in [-0.1, -0.05) is 91.4 Å². The zero-order chi connectivity index (χ0) is 14.9. The van der Waals surface area contributed by atoms with Crippen LogP contribution < -0.4 is 0 Å². The summed E-state index contributed by atoms with van der Waals surface area (Å²) in [5, 5.41) is 0.961. The molecule has 0 saturated heterocycles. The van der Waals surface area contributed by atoms with Gasteiger partial charge in [0.2, 0.25) is 0 Å². The molecule has 20 heavy (non-hydrogen) atoms. The van der Waals surface area contributed by atoms with E-state index in [-0.39, 0.29) is 0 Å². The molecule has 0 aromatic carbocycles. The first-order chi connectivity index (χ1) is 9.85. The van der Waals surface area contributed by atoms with Crippen molar-refractivity contribution in [1.29, 1.82) is 0 Å². The van der Waals surface area contributed by atoms with Crippen molar-refractivity contribution in [3.05, 3.63) is 0 Å². The molecule has 1 atom stereocenters. The average Bonchev–Trinajstić information content (AvgIpc) is 2.47. The van der Waals surface area contributed by atoms with Gasteiger partial charge in [-0.05, 0) is 25.0 Å². The maximum absolute atomic E-state index is 2.32. The van der Waals surface area contributed by atoms with Crippen molar-refractivity contribution < 1.29 is 0 Å². The molecule has 0 spiro atoms. The van der Waals surface area contributed by atoms with Gasteiger partial charge in [-0.25, -0.2) is 0 Å². The highest BCUT2D eigenvalue weighted by molar-refractivity contribution is 7.99. The Balaban J connectivity index is 3.56. The molecular weight excluding hydrogens is 260 g/mol. The van der Waals surface area contributed by atoms with Crippen molar-refractivity contribution in [2.45, 2.75) is 116 Å². The molecule has 0 heterocycles. The van der Waals surface area contributed by atoms with Crippen molar-refractivity contribution in [2.75, 3.05) is 5.75 Å². The highest BCUT2D eigenvalue weighted by atomic mass is 32.2. The minimum absolute atomic E-state index is 0.961. The van der Waals surface area contributed by atoms with Gasteiger partial charge in [0.05, 0.1) is 0 Å². The summed E-state index contributed by atoms with van der Waals surface area (Å²) < 4.78 is 0. The Morgan fingerprint density at radius 3 is 1.45 bits per heavy atom. The number of hydrogen-bond donors (Lipinski definition) is 0. The van der Waals surface area contributed by atoms with Gasteiger partial charge in [0, 0.05) is 5.25 Å². The lowest BCUT2D eigenvalue weighted by Gasteiger charge is -2.16. The maximum atomic E-state index is 2.32. The fraction of sp³-hybridized carbons (Fsp3) is 1.00. The van der Waals surface area contributed by atoms with Crippen LogP contribution in [0.2, 0.25) is 0 Å². The lowest BCUT2D eigenvalue weighted by Crippen LogP contribution is -2.04. The molecule has 0 aromatic rings. The molecule has 0 saturated carbocycles. The smallest absolute Gasteiger partial charge is 0.00470 e. The van der Waals surface area contributed by atoms with E-state index in [1.807, 2.05) is 0 Å². The average molecular weight is 301 g/mol. The second kappa shape index (κ2) is 17.4. The molecule has 0 aliphatic rings. The van der Waals surface area contributed by atoms with E-state index in [1.165, 1.54) is 95.6 Å². The van der Waals surface area contributed by atoms with Crippen molar-refractivity contribution >= 4 is 11.8 Å². The number of unbranched alkanes of at least 4 members (excludes halogenated alkanes) is 9. The zero-order valence-corrected chi connectivity index (χ0v) is 15.4. The van der Waals surface area contributed by atoms with Gasteiger partial charge in [-0.2, -0.15) is 11.8 Å². The van der Waals surface area contributed by atoms with E-state index in [4.69, 9.17) is 0 Å². The van der Waals surface area contributed by atoms with Gasteiger partial charge in [0.25, 0.3) is 0 Å². The van der Waals surface area contributed by atoms with Crippen molar-refractivity contribution in [3.8, 4) is 0 Å². The van der Waals surface area contributed by atoms with Crippen LogP contribution in [0.4, 0.5) is 0 Å². The summed E-state index contributed by atoms with van der Waals surface area (Å²) >= 11 is 2.25. The third-order valence-corrected chi connectivity index (χ3v) is 5.65. The highest BCUT2D eigenvalue weighted by Gasteiger charge is 2.08. The number of thioether (sulfide) groups is 1. The minimum atomic E-state index is 0.961. The Hall–Kier alpha value is 0.350. The predicted molar refractivity (Wildman–Crippen MR) is 97.9 cm³/mol. The van der Waals surface area contributed by atoms with Crippen LogP contribution in [0.5, 0.6) is 0 Å². The monoisotopic (exact) mass is 300 g/mol. The van der Waals surface area contributed by atoms with E-state index >= 15 is 0 Å². The lowest BCUT2D eigenvalue weighted by molar-refractivity contribution is 0.546. The Bertz CT molecular complexity index is 167. The molecule has 0 aliphatic carbocycles. The van der Waals surface area contributed by atoms with Crippen LogP contribution in [0.25, 0.3) is 0 Å². The maximum Gasteiger partial charge on any atom is 0.00470 e. The molecule has 122 valence electrons. The van der Waals surface area contributed by atoms with Crippen LogP contribution in [-0.4, -0.2) is 11.0 Å². The Morgan fingerprint density at radius 2 is 1.00 bits per heavy atom. The van der Waals surface area contributed by atoms with Crippen molar-refractivity contribution in [3.63, 3.8) is 0 Å². The number of hydrogen-bond acceptors (Lipinski definition) is 1. The minimum Gasteiger partial charge on any atom is -0.159 e. The third-order valence-electron chi connectivity index (χ3n) is 4.07. The van der Waals surface area contributed by atoms with Crippen molar-refractivity contribution in [1.82, 2.24) is 0 Å². The van der Waals surface area contributed by atoms with Crippen LogP contribution in [-0.2, 0) is 0 Å². The molecule has 0 nitrogen and oxygen atoms in total. The van der Waals surface area contributed by atoms with Gasteiger partial charge in [0.15, 0.2) is 0 Å². The molecule has 1 unspecified atom stereocenters. The molecule has 0 amide bonds. The summed E-state index contributed by atoms with van der Waals surface area (Å²) in [7, 11) is 0. The van der Waals surface area contributed by atoms with E-state index in [0.29, 0.717) is 0 Å². The first-order valence-corrected chi connectivity index (χ1v) is 10.5. The van der Waals surface area contributed by atoms with E-state index in [0.717, 1.165) is 5.25 Å². The summed E-state index contributed by atoms with van der Waals surface area (Å²) in [5.41, 5.74) is 0. The van der Waals surface area contributed by atoms with Gasteiger partial charge in [-0.3, -0.25) is 0 Å². The highest BCUT2D eigenvalue weighted by Crippen LogP contribution is 2.24. The summed E-state index contributed by atoms with van der Waals surface area (Å²) in [6, 6.07) is 0. The zero-order valence-electron chi connectivity index (χ0n) is 14.6. The van der Waals surface area contributed by atoms with E-state index < -0.39 is 0 Å². The second-order valence-electron chi connectivity index (χ2n) is 6.25. The van der Waals surface area contributed by atoms with Crippen LogP contribution in [0, 0.1) is 0 Å². The molecule has 0 bridgehead atoms. The van der Waals surface area contributed by atoms with Crippen LogP contribution in [0.15, 0.2) is 0 Å². The Labute approximate surface area is 133 Å². The van der Waals surface area contributed by atoms with Crippen molar-refractivity contribution in [2.24, 2.45) is 0 Å². The normalized spacial score (nSPS) is 12.8. The van der Waals surface area contributed by atoms with Crippen LogP contribution in [0.3, 0.4) is 0 Å². The summed E-state index contributed by atoms with van der Waals surface area (Å²) in [6.07, 6.45) is 20.2. The number of rotatable bonds is 16. The van der Waals surface area contributed by atoms with Gasteiger partial charge >= 0.3 is 0 Å². The third kappa shape index (κ3) is 14.8. The Kier molecular flexibility index (Phi) is 17.7. The molecule has 0 fully saturated rings. The topological polar surface area (TPSA) is 0 Å². The van der Waals surface area contributed by atoms with Gasteiger partial charge < -0.3 is 0 Å².